The van der Waals surface area contributed by atoms with Crippen molar-refractivity contribution < 1.29 is 31.7 Å². The van der Waals surface area contributed by atoms with E-state index in [1.54, 1.807) is 48.5 Å². The van der Waals surface area contributed by atoms with Crippen LogP contribution in [-0.4, -0.2) is 31.1 Å². The molecule has 0 aliphatic carbocycles. The Bertz CT molecular complexity index is 2350. The summed E-state index contributed by atoms with van der Waals surface area (Å²) in [7, 11) is 0. The van der Waals surface area contributed by atoms with Crippen LogP contribution in [0.1, 0.15) is 33.1 Å². The molecule has 0 atom stereocenters. The van der Waals surface area contributed by atoms with Crippen LogP contribution in [0.2, 0.25) is 0 Å². The standard InChI is InChI=1S/C33H16F5N5O3/c34-28-27(29(35)31(37)32(38)30(28)36)26-21-8-6-18(40-21)13-17-5-7-19(39-17)25(16-3-1-15(14-44)2-4-16)20-9-11-23(41-20)33(43(45)46)24-12-10-22(26)42-24/h1-14,39,42H. The minimum atomic E-state index is -2.33. The second-order valence-electron chi connectivity index (χ2n) is 10.3. The molecule has 2 aromatic carbocycles. The molecule has 13 heteroatoms. The number of nitrogens with one attached hydrogen (secondary N) is 2. The fourth-order valence-corrected chi connectivity index (χ4v) is 5.44. The molecule has 2 aliphatic rings. The van der Waals surface area contributed by atoms with Crippen molar-refractivity contribution in [2.24, 2.45) is 0 Å². The molecule has 226 valence electrons. The number of carbonyl (C=O) groups excluding carboxylic acids is 1. The topological polar surface area (TPSA) is 118 Å². The SMILES string of the molecule is O=Cc1ccc(-c2c3nc(c([N+](=O)[O-])c4ccc([nH]4)c(-c4c(F)c(F)c(F)c(F)c4F)c4nc(cc5ccc2[nH]5)C=C4)C=C3)cc1. The average molecular weight is 626 g/mol. The molecule has 0 amide bonds. The van der Waals surface area contributed by atoms with E-state index in [9.17, 15) is 28.1 Å². The number of nitrogens with zero attached hydrogens (tertiary/aromatic N) is 3. The number of aldehydes is 1. The Morgan fingerprint density at radius 3 is 1.91 bits per heavy atom. The van der Waals surface area contributed by atoms with Crippen LogP contribution in [0.4, 0.5) is 27.6 Å². The summed E-state index contributed by atoms with van der Waals surface area (Å²) in [5.74, 6) is -10.8. The van der Waals surface area contributed by atoms with Crippen molar-refractivity contribution in [2.45, 2.75) is 0 Å². The quantitative estimate of drug-likeness (QED) is 0.0509. The third-order valence-corrected chi connectivity index (χ3v) is 7.53. The summed E-state index contributed by atoms with van der Waals surface area (Å²) in [6.07, 6.45) is 6.50. The van der Waals surface area contributed by atoms with Gasteiger partial charge < -0.3 is 9.97 Å². The van der Waals surface area contributed by atoms with Crippen LogP contribution in [0.25, 0.3) is 68.6 Å². The van der Waals surface area contributed by atoms with Crippen molar-refractivity contribution in [1.82, 2.24) is 19.9 Å². The van der Waals surface area contributed by atoms with Gasteiger partial charge in [-0.25, -0.2) is 31.9 Å². The fourth-order valence-electron chi connectivity index (χ4n) is 5.44. The van der Waals surface area contributed by atoms with E-state index in [1.807, 2.05) is 0 Å². The highest BCUT2D eigenvalue weighted by Crippen LogP contribution is 2.38. The number of hydrogen-bond acceptors (Lipinski definition) is 5. The average Bonchev–Trinajstić information content (AvgIpc) is 3.87. The van der Waals surface area contributed by atoms with Gasteiger partial charge in [0.2, 0.25) is 5.82 Å². The number of carbonyl (C=O) groups is 1. The molecule has 0 saturated carbocycles. The van der Waals surface area contributed by atoms with E-state index in [0.717, 1.165) is 0 Å². The molecule has 7 rings (SSSR count). The number of aromatic amines is 2. The lowest BCUT2D eigenvalue weighted by Crippen LogP contribution is -2.05. The molecule has 0 unspecified atom stereocenters. The van der Waals surface area contributed by atoms with Crippen LogP contribution in [-0.2, 0) is 0 Å². The zero-order chi connectivity index (χ0) is 32.3. The Labute approximate surface area is 254 Å². The Morgan fingerprint density at radius 2 is 1.22 bits per heavy atom. The van der Waals surface area contributed by atoms with Gasteiger partial charge in [0, 0.05) is 33.2 Å². The number of benzene rings is 2. The normalized spacial score (nSPS) is 12.1. The van der Waals surface area contributed by atoms with Gasteiger partial charge in [-0.05, 0) is 60.2 Å². The van der Waals surface area contributed by atoms with Gasteiger partial charge in [-0.2, -0.15) is 0 Å². The van der Waals surface area contributed by atoms with Gasteiger partial charge in [-0.15, -0.1) is 0 Å². The van der Waals surface area contributed by atoms with E-state index >= 15 is 8.78 Å². The zero-order valence-electron chi connectivity index (χ0n) is 23.0. The number of H-pyrrole nitrogens is 2. The van der Waals surface area contributed by atoms with E-state index in [0.29, 0.717) is 39.7 Å². The molecule has 5 aromatic rings. The van der Waals surface area contributed by atoms with Crippen molar-refractivity contribution >= 4 is 58.3 Å². The third-order valence-electron chi connectivity index (χ3n) is 7.53. The van der Waals surface area contributed by atoms with Gasteiger partial charge in [0.05, 0.1) is 27.6 Å². The smallest absolute Gasteiger partial charge is 0.318 e. The largest absolute Gasteiger partial charge is 0.355 e. The van der Waals surface area contributed by atoms with Crippen LogP contribution < -0.4 is 0 Å². The first-order valence-corrected chi connectivity index (χ1v) is 13.5. The molecule has 0 saturated heterocycles. The van der Waals surface area contributed by atoms with Crippen molar-refractivity contribution in [3.05, 3.63) is 122 Å². The lowest BCUT2D eigenvalue weighted by atomic mass is 10.0. The van der Waals surface area contributed by atoms with Gasteiger partial charge in [-0.3, -0.25) is 14.9 Å². The molecule has 5 heterocycles. The lowest BCUT2D eigenvalue weighted by Gasteiger charge is -2.09. The second-order valence-corrected chi connectivity index (χ2v) is 10.3. The van der Waals surface area contributed by atoms with Gasteiger partial charge >= 0.3 is 5.69 Å². The molecular weight excluding hydrogens is 609 g/mol. The first-order valence-electron chi connectivity index (χ1n) is 13.5. The predicted molar refractivity (Wildman–Crippen MR) is 162 cm³/mol. The van der Waals surface area contributed by atoms with Crippen molar-refractivity contribution in [2.75, 3.05) is 0 Å². The van der Waals surface area contributed by atoms with Gasteiger partial charge in [0.15, 0.2) is 23.3 Å². The number of hydrogen-bond donors (Lipinski definition) is 2. The van der Waals surface area contributed by atoms with E-state index < -0.39 is 50.8 Å². The predicted octanol–water partition coefficient (Wildman–Crippen LogP) is 8.41. The first-order chi connectivity index (χ1) is 22.1. The van der Waals surface area contributed by atoms with Crippen molar-refractivity contribution in [3.63, 3.8) is 0 Å². The van der Waals surface area contributed by atoms with E-state index in [2.05, 4.69) is 19.9 Å². The Kier molecular flexibility index (Phi) is 6.66. The van der Waals surface area contributed by atoms with Gasteiger partial charge in [-0.1, -0.05) is 24.3 Å². The molecular formula is C33H16F5N5O3. The lowest BCUT2D eigenvalue weighted by molar-refractivity contribution is -0.383. The molecule has 0 radical (unpaired) electrons. The minimum Gasteiger partial charge on any atom is -0.355 e. The van der Waals surface area contributed by atoms with E-state index in [4.69, 9.17) is 0 Å². The fraction of sp³-hybridized carbons (Fsp3) is 0. The highest BCUT2D eigenvalue weighted by atomic mass is 19.2. The number of rotatable bonds is 4. The maximum Gasteiger partial charge on any atom is 0.318 e. The van der Waals surface area contributed by atoms with Crippen LogP contribution in [0.15, 0.2) is 54.6 Å². The molecule has 3 aromatic heterocycles. The number of nitro groups is 1. The number of fused-ring (bicyclic) bond motifs is 8. The Balaban J connectivity index is 1.64. The van der Waals surface area contributed by atoms with Gasteiger partial charge in [0.25, 0.3) is 0 Å². The summed E-state index contributed by atoms with van der Waals surface area (Å²) in [5, 5.41) is 12.4. The number of aromatic nitrogens is 4. The van der Waals surface area contributed by atoms with Crippen LogP contribution in [0, 0.1) is 39.2 Å². The molecule has 46 heavy (non-hydrogen) atoms. The number of halogens is 5. The molecule has 0 spiro atoms. The molecule has 2 aliphatic heterocycles. The molecule has 2 N–H and O–H groups in total. The summed E-state index contributed by atoms with van der Waals surface area (Å²) in [6, 6.07) is 14.2. The Hall–Kier alpha value is -6.24. The van der Waals surface area contributed by atoms with Crippen LogP contribution in [0.3, 0.4) is 0 Å². The highest BCUT2D eigenvalue weighted by Gasteiger charge is 2.29. The van der Waals surface area contributed by atoms with E-state index in [-0.39, 0.29) is 28.1 Å². The zero-order valence-corrected chi connectivity index (χ0v) is 23.0. The summed E-state index contributed by atoms with van der Waals surface area (Å²) in [6.45, 7) is 0. The second kappa shape index (κ2) is 10.7. The Morgan fingerprint density at radius 1 is 0.630 bits per heavy atom. The van der Waals surface area contributed by atoms with Crippen LogP contribution in [0.5, 0.6) is 0 Å². The van der Waals surface area contributed by atoms with E-state index in [1.165, 1.54) is 30.4 Å². The van der Waals surface area contributed by atoms with Crippen molar-refractivity contribution in [3.8, 4) is 22.3 Å². The summed E-state index contributed by atoms with van der Waals surface area (Å²) in [5.41, 5.74) is 0.498. The minimum absolute atomic E-state index is 0.0765. The summed E-state index contributed by atoms with van der Waals surface area (Å²) in [4.78, 5) is 37.8. The summed E-state index contributed by atoms with van der Waals surface area (Å²) >= 11 is 0. The van der Waals surface area contributed by atoms with Crippen molar-refractivity contribution in [1.29, 1.82) is 0 Å². The highest BCUT2D eigenvalue weighted by molar-refractivity contribution is 5.95. The van der Waals surface area contributed by atoms with Crippen LogP contribution >= 0.6 is 0 Å². The first kappa shape index (κ1) is 28.5. The molecule has 8 bridgehead atoms. The van der Waals surface area contributed by atoms with Gasteiger partial charge in [0.1, 0.15) is 17.5 Å². The third kappa shape index (κ3) is 4.56. The summed E-state index contributed by atoms with van der Waals surface area (Å²) < 4.78 is 73.1. The molecule has 8 nitrogen and oxygen atoms in total. The maximum absolute atomic E-state index is 15.2. The molecule has 0 fully saturated rings. The maximum atomic E-state index is 15.2. The monoisotopic (exact) mass is 625 g/mol.